The van der Waals surface area contributed by atoms with E-state index >= 15 is 0 Å². The van der Waals surface area contributed by atoms with Gasteiger partial charge < -0.3 is 33.9 Å². The van der Waals surface area contributed by atoms with E-state index in [0.29, 0.717) is 24.4 Å². The zero-order chi connectivity index (χ0) is 28.0. The Morgan fingerprint density at radius 3 is 2.46 bits per heavy atom. The van der Waals surface area contributed by atoms with Gasteiger partial charge in [0.1, 0.15) is 17.7 Å². The molecule has 0 bridgehead atoms. The highest BCUT2D eigenvalue weighted by Gasteiger charge is 2.59. The van der Waals surface area contributed by atoms with Gasteiger partial charge in [-0.05, 0) is 63.6 Å². The van der Waals surface area contributed by atoms with Gasteiger partial charge in [0.2, 0.25) is 0 Å². The van der Waals surface area contributed by atoms with Crippen LogP contribution in [0.5, 0.6) is 5.75 Å². The van der Waals surface area contributed by atoms with E-state index in [1.807, 2.05) is 37.3 Å². The predicted octanol–water partition coefficient (Wildman–Crippen LogP) is 5.11. The van der Waals surface area contributed by atoms with E-state index in [9.17, 15) is 14.0 Å². The highest BCUT2D eigenvalue weighted by Crippen LogP contribution is 2.41. The first-order valence-corrected chi connectivity index (χ1v) is 13.4. The van der Waals surface area contributed by atoms with Crippen molar-refractivity contribution < 1.29 is 37.7 Å². The first-order valence-electron chi connectivity index (χ1n) is 13.4. The molecule has 9 nitrogen and oxygen atoms in total. The maximum absolute atomic E-state index is 13.7. The van der Waals surface area contributed by atoms with Crippen molar-refractivity contribution >= 4 is 17.7 Å². The molecule has 2 aliphatic heterocycles. The number of esters is 1. The van der Waals surface area contributed by atoms with Gasteiger partial charge in [-0.25, -0.2) is 9.18 Å². The lowest BCUT2D eigenvalue weighted by atomic mass is 9.98. The topological polar surface area (TPSA) is 95.6 Å². The molecule has 2 saturated heterocycles. The SMILES string of the molecule is CCCCN(C(=O)Nc1ccc(F)cc1)C(CC(=O)OCC)[C@@H]1O[C@@H]2OC(C)(C)O[C@@H]2[C@H]1Oc1ccccc1. The second kappa shape index (κ2) is 12.8. The fraction of sp³-hybridized carbons (Fsp3) is 0.517. The Bertz CT molecular complexity index is 1100. The van der Waals surface area contributed by atoms with Gasteiger partial charge in [-0.3, -0.25) is 4.79 Å². The molecule has 0 spiro atoms. The molecule has 0 saturated carbocycles. The van der Waals surface area contributed by atoms with Gasteiger partial charge in [-0.2, -0.15) is 0 Å². The number of carbonyl (C=O) groups is 2. The number of para-hydroxylation sites is 1. The molecule has 1 N–H and O–H groups in total. The van der Waals surface area contributed by atoms with Crippen LogP contribution in [-0.2, 0) is 23.7 Å². The molecular weight excluding hydrogens is 507 g/mol. The molecule has 2 fully saturated rings. The van der Waals surface area contributed by atoms with Crippen LogP contribution in [0.4, 0.5) is 14.9 Å². The third kappa shape index (κ3) is 7.26. The standard InChI is InChI=1S/C29H37FN2O7/c1-5-7-17-32(28(34)31-20-15-13-19(30)14-16-20)22(18-23(33)35-6-2)24-25(36-21-11-9-8-10-12-21)26-27(37-24)39-29(3,4)38-26/h8-16,22,24-27H,5-7,17-18H2,1-4H3,(H,31,34)/t22?,24-,25-,26+,27+/m0/s1. The largest absolute Gasteiger partial charge is 0.485 e. The van der Waals surface area contributed by atoms with Crippen molar-refractivity contribution in [3.63, 3.8) is 0 Å². The summed E-state index contributed by atoms with van der Waals surface area (Å²) >= 11 is 0. The summed E-state index contributed by atoms with van der Waals surface area (Å²) < 4.78 is 43.7. The van der Waals surface area contributed by atoms with Crippen LogP contribution in [0.25, 0.3) is 0 Å². The number of amides is 2. The number of urea groups is 1. The summed E-state index contributed by atoms with van der Waals surface area (Å²) in [7, 11) is 0. The summed E-state index contributed by atoms with van der Waals surface area (Å²) in [6.07, 6.45) is -1.46. The average molecular weight is 545 g/mol. The minimum absolute atomic E-state index is 0.128. The highest BCUT2D eigenvalue weighted by atomic mass is 19.1. The van der Waals surface area contributed by atoms with E-state index in [4.69, 9.17) is 23.7 Å². The van der Waals surface area contributed by atoms with E-state index in [2.05, 4.69) is 5.32 Å². The lowest BCUT2D eigenvalue weighted by Crippen LogP contribution is -2.55. The van der Waals surface area contributed by atoms with Crippen LogP contribution in [0.2, 0.25) is 0 Å². The maximum Gasteiger partial charge on any atom is 0.322 e. The molecule has 212 valence electrons. The molecule has 2 aromatic carbocycles. The van der Waals surface area contributed by atoms with Crippen LogP contribution in [0.1, 0.15) is 47.0 Å². The predicted molar refractivity (Wildman–Crippen MR) is 142 cm³/mol. The number of halogens is 1. The fourth-order valence-corrected chi connectivity index (χ4v) is 4.87. The summed E-state index contributed by atoms with van der Waals surface area (Å²) in [5, 5.41) is 2.82. The van der Waals surface area contributed by atoms with E-state index < -0.39 is 54.2 Å². The van der Waals surface area contributed by atoms with Crippen LogP contribution >= 0.6 is 0 Å². The van der Waals surface area contributed by atoms with Crippen LogP contribution < -0.4 is 10.1 Å². The molecule has 2 aromatic rings. The minimum Gasteiger partial charge on any atom is -0.485 e. The third-order valence-electron chi connectivity index (χ3n) is 6.61. The Labute approximate surface area is 228 Å². The van der Waals surface area contributed by atoms with E-state index in [0.717, 1.165) is 6.42 Å². The number of unbranched alkanes of at least 4 members (excludes halogenated alkanes) is 1. The quantitative estimate of drug-likeness (QED) is 0.393. The number of benzene rings is 2. The first kappa shape index (κ1) is 28.8. The maximum atomic E-state index is 13.7. The summed E-state index contributed by atoms with van der Waals surface area (Å²) in [6, 6.07) is 13.5. The summed E-state index contributed by atoms with van der Waals surface area (Å²) in [5.41, 5.74) is 0.424. The van der Waals surface area contributed by atoms with Crippen molar-refractivity contribution in [1.82, 2.24) is 4.90 Å². The Morgan fingerprint density at radius 2 is 1.79 bits per heavy atom. The van der Waals surface area contributed by atoms with E-state index in [1.54, 1.807) is 25.7 Å². The molecule has 2 heterocycles. The van der Waals surface area contributed by atoms with Gasteiger partial charge in [0.05, 0.1) is 19.1 Å². The van der Waals surface area contributed by atoms with Gasteiger partial charge >= 0.3 is 12.0 Å². The zero-order valence-corrected chi connectivity index (χ0v) is 22.8. The lowest BCUT2D eigenvalue weighted by Gasteiger charge is -2.38. The number of fused-ring (bicyclic) bond motifs is 1. The van der Waals surface area contributed by atoms with Crippen molar-refractivity contribution in [2.24, 2.45) is 0 Å². The molecule has 2 aliphatic rings. The molecule has 39 heavy (non-hydrogen) atoms. The Morgan fingerprint density at radius 1 is 1.08 bits per heavy atom. The van der Waals surface area contributed by atoms with Gasteiger partial charge in [0, 0.05) is 12.2 Å². The number of nitrogens with zero attached hydrogens (tertiary/aromatic N) is 1. The van der Waals surface area contributed by atoms with Crippen LogP contribution in [0.3, 0.4) is 0 Å². The molecule has 2 amide bonds. The number of ether oxygens (including phenoxy) is 5. The van der Waals surface area contributed by atoms with Gasteiger partial charge in [0.15, 0.2) is 24.3 Å². The molecule has 1 unspecified atom stereocenters. The monoisotopic (exact) mass is 544 g/mol. The summed E-state index contributed by atoms with van der Waals surface area (Å²) in [6.45, 7) is 7.87. The molecule has 5 atom stereocenters. The molecule has 4 rings (SSSR count). The van der Waals surface area contributed by atoms with Gasteiger partial charge in [-0.1, -0.05) is 31.5 Å². The van der Waals surface area contributed by atoms with Crippen LogP contribution in [0.15, 0.2) is 54.6 Å². The number of nitrogens with one attached hydrogen (secondary N) is 1. The minimum atomic E-state index is -0.892. The van der Waals surface area contributed by atoms with E-state index in [1.165, 1.54) is 24.3 Å². The number of hydrogen-bond donors (Lipinski definition) is 1. The van der Waals surface area contributed by atoms with Crippen molar-refractivity contribution in [3.05, 3.63) is 60.4 Å². The number of anilines is 1. The highest BCUT2D eigenvalue weighted by molar-refractivity contribution is 5.90. The smallest absolute Gasteiger partial charge is 0.322 e. The first-order chi connectivity index (χ1) is 18.7. The third-order valence-corrected chi connectivity index (χ3v) is 6.61. The van der Waals surface area contributed by atoms with Crippen LogP contribution in [-0.4, -0.2) is 66.5 Å². The van der Waals surface area contributed by atoms with E-state index in [-0.39, 0.29) is 13.0 Å². The molecule has 0 aromatic heterocycles. The zero-order valence-electron chi connectivity index (χ0n) is 22.8. The second-order valence-corrected chi connectivity index (χ2v) is 10.0. The van der Waals surface area contributed by atoms with Gasteiger partial charge in [0.25, 0.3) is 0 Å². The molecule has 0 radical (unpaired) electrons. The molecule has 0 aliphatic carbocycles. The van der Waals surface area contributed by atoms with Crippen molar-refractivity contribution in [2.45, 2.75) is 83.4 Å². The second-order valence-electron chi connectivity index (χ2n) is 10.0. The Kier molecular flexibility index (Phi) is 9.42. The normalized spacial score (nSPS) is 24.0. The molecule has 10 heteroatoms. The Hall–Kier alpha value is -3.21. The molecular formula is C29H37FN2O7. The average Bonchev–Trinajstić information content (AvgIpc) is 3.37. The Balaban J connectivity index is 1.68. The van der Waals surface area contributed by atoms with Crippen LogP contribution in [0, 0.1) is 5.82 Å². The van der Waals surface area contributed by atoms with Gasteiger partial charge in [-0.15, -0.1) is 0 Å². The van der Waals surface area contributed by atoms with Crippen molar-refractivity contribution in [3.8, 4) is 5.75 Å². The number of rotatable bonds is 11. The summed E-state index contributed by atoms with van der Waals surface area (Å²) in [5.74, 6) is -1.18. The lowest BCUT2D eigenvalue weighted by molar-refractivity contribution is -0.219. The fourth-order valence-electron chi connectivity index (χ4n) is 4.87. The number of carbonyl (C=O) groups excluding carboxylic acids is 2. The van der Waals surface area contributed by atoms with Crippen molar-refractivity contribution in [2.75, 3.05) is 18.5 Å². The van der Waals surface area contributed by atoms with Crippen molar-refractivity contribution in [1.29, 1.82) is 0 Å². The summed E-state index contributed by atoms with van der Waals surface area (Å²) in [4.78, 5) is 28.1. The number of hydrogen-bond acceptors (Lipinski definition) is 7.